The third-order valence-electron chi connectivity index (χ3n) is 4.34. The van der Waals surface area contributed by atoms with E-state index in [1.807, 2.05) is 0 Å². The molecule has 0 aromatic rings. The Morgan fingerprint density at radius 2 is 1.50 bits per heavy atom. The van der Waals surface area contributed by atoms with Gasteiger partial charge in [0.1, 0.15) is 5.78 Å². The molecule has 2 saturated heterocycles. The zero-order valence-corrected chi connectivity index (χ0v) is 12.3. The van der Waals surface area contributed by atoms with Crippen LogP contribution < -0.4 is 0 Å². The van der Waals surface area contributed by atoms with Gasteiger partial charge in [-0.05, 0) is 28.3 Å². The minimum absolute atomic E-state index is 0.0623. The van der Waals surface area contributed by atoms with Crippen LogP contribution in [0.1, 0.15) is 66.7 Å². The lowest BCUT2D eigenvalue weighted by Crippen LogP contribution is -2.51. The molecule has 0 aromatic carbocycles. The highest BCUT2D eigenvalue weighted by atomic mass is 31.1. The molecule has 1 nitrogen and oxygen atoms in total. The molecular formula is C14H25OP. The molecule has 2 fully saturated rings. The van der Waals surface area contributed by atoms with E-state index in [1.165, 1.54) is 19.3 Å². The van der Waals surface area contributed by atoms with E-state index in [0.29, 0.717) is 21.3 Å². The van der Waals surface area contributed by atoms with Crippen molar-refractivity contribution in [1.29, 1.82) is 0 Å². The zero-order valence-electron chi connectivity index (χ0n) is 11.4. The second-order valence-electron chi connectivity index (χ2n) is 7.25. The van der Waals surface area contributed by atoms with Crippen molar-refractivity contribution in [1.82, 2.24) is 0 Å². The lowest BCUT2D eigenvalue weighted by atomic mass is 9.84. The highest BCUT2D eigenvalue weighted by Crippen LogP contribution is 2.76. The summed E-state index contributed by atoms with van der Waals surface area (Å²) in [6.07, 6.45) is 5.58. The maximum Gasteiger partial charge on any atom is 0.134 e. The number of ketones is 1. The summed E-state index contributed by atoms with van der Waals surface area (Å²) in [6, 6.07) is 0. The number of carbonyl (C=O) groups is 1. The largest absolute Gasteiger partial charge is 0.300 e. The second-order valence-corrected chi connectivity index (χ2v) is 11.4. The number of Topliss-reactive ketones (excluding diaryl/α,β-unsaturated/α-hetero) is 1. The molecule has 2 aliphatic rings. The number of rotatable bonds is 0. The van der Waals surface area contributed by atoms with Crippen LogP contribution in [-0.4, -0.2) is 21.3 Å². The lowest BCUT2D eigenvalue weighted by Gasteiger charge is -2.61. The lowest BCUT2D eigenvalue weighted by molar-refractivity contribution is -0.121. The molecule has 0 N–H and O–H groups in total. The van der Waals surface area contributed by atoms with E-state index in [1.54, 1.807) is 0 Å². The summed E-state index contributed by atoms with van der Waals surface area (Å²) in [5, 5.41) is 1.05. The van der Waals surface area contributed by atoms with Crippen LogP contribution in [0.15, 0.2) is 0 Å². The molecule has 0 saturated carbocycles. The normalized spacial score (nSPS) is 44.6. The molecular weight excluding hydrogens is 215 g/mol. The van der Waals surface area contributed by atoms with Gasteiger partial charge in [-0.3, -0.25) is 4.79 Å². The van der Waals surface area contributed by atoms with Crippen molar-refractivity contribution in [2.24, 2.45) is 0 Å². The molecule has 2 atom stereocenters. The summed E-state index contributed by atoms with van der Waals surface area (Å²) in [5.74, 6) is 0.521. The van der Waals surface area contributed by atoms with E-state index in [-0.39, 0.29) is 7.92 Å². The molecule has 2 bridgehead atoms. The Morgan fingerprint density at radius 3 is 1.88 bits per heavy atom. The molecule has 0 radical (unpaired) electrons. The molecule has 16 heavy (non-hydrogen) atoms. The maximum absolute atomic E-state index is 12.0. The summed E-state index contributed by atoms with van der Waals surface area (Å²) in [7, 11) is -0.0623. The number of carbonyl (C=O) groups excluding carboxylic acids is 1. The molecule has 2 unspecified atom stereocenters. The summed E-state index contributed by atoms with van der Waals surface area (Å²) in [5.41, 5.74) is 0. The Kier molecular flexibility index (Phi) is 2.78. The Bertz CT molecular complexity index is 295. The highest BCUT2D eigenvalue weighted by molar-refractivity contribution is 7.62. The first kappa shape index (κ1) is 12.6. The number of fused-ring (bicyclic) bond motifs is 2. The van der Waals surface area contributed by atoms with Gasteiger partial charge in [0, 0.05) is 12.8 Å². The average Bonchev–Trinajstić information content (AvgIpc) is 1.94. The molecule has 0 spiro atoms. The van der Waals surface area contributed by atoms with Crippen LogP contribution in [-0.2, 0) is 4.79 Å². The van der Waals surface area contributed by atoms with Crippen molar-refractivity contribution in [2.75, 3.05) is 0 Å². The second kappa shape index (κ2) is 3.55. The molecule has 2 rings (SSSR count). The van der Waals surface area contributed by atoms with Gasteiger partial charge in [0.05, 0.1) is 0 Å². The van der Waals surface area contributed by atoms with Gasteiger partial charge in [0.25, 0.3) is 0 Å². The molecule has 0 aromatic heterocycles. The van der Waals surface area contributed by atoms with Crippen molar-refractivity contribution in [2.45, 2.75) is 82.2 Å². The Hall–Kier alpha value is 0.100. The topological polar surface area (TPSA) is 17.1 Å². The summed E-state index contributed by atoms with van der Waals surface area (Å²) in [4.78, 5) is 12.0. The molecule has 2 heterocycles. The Labute approximate surface area is 101 Å². The third-order valence-corrected chi connectivity index (χ3v) is 8.60. The van der Waals surface area contributed by atoms with Crippen LogP contribution >= 0.6 is 7.92 Å². The minimum atomic E-state index is -0.0623. The van der Waals surface area contributed by atoms with Gasteiger partial charge >= 0.3 is 0 Å². The quantitative estimate of drug-likeness (QED) is 0.576. The van der Waals surface area contributed by atoms with Gasteiger partial charge < -0.3 is 0 Å². The Balaban J connectivity index is 2.45. The summed E-state index contributed by atoms with van der Waals surface area (Å²) >= 11 is 0. The van der Waals surface area contributed by atoms with Crippen LogP contribution in [0.3, 0.4) is 0 Å². The van der Waals surface area contributed by atoms with Crippen LogP contribution in [0.5, 0.6) is 0 Å². The SMILES string of the molecule is CC(C)(C)P1C2(C)CCCC1(C)CC(=O)C2. The maximum atomic E-state index is 12.0. The van der Waals surface area contributed by atoms with Gasteiger partial charge in [-0.1, -0.05) is 49.0 Å². The first-order chi connectivity index (χ1) is 7.17. The van der Waals surface area contributed by atoms with Crippen molar-refractivity contribution < 1.29 is 4.79 Å². The summed E-state index contributed by atoms with van der Waals surface area (Å²) in [6.45, 7) is 11.9. The van der Waals surface area contributed by atoms with Gasteiger partial charge in [-0.15, -0.1) is 0 Å². The average molecular weight is 240 g/mol. The van der Waals surface area contributed by atoms with Crippen LogP contribution in [0.4, 0.5) is 0 Å². The predicted molar refractivity (Wildman–Crippen MR) is 71.6 cm³/mol. The van der Waals surface area contributed by atoms with E-state index in [4.69, 9.17) is 0 Å². The minimum Gasteiger partial charge on any atom is -0.300 e. The standard InChI is InChI=1S/C14H25OP/c1-12(2,3)16-13(4)7-6-8-14(16,5)10-11(15)9-13/h6-10H2,1-5H3. The molecule has 2 aliphatic heterocycles. The molecule has 92 valence electrons. The fraction of sp³-hybridized carbons (Fsp3) is 0.929. The van der Waals surface area contributed by atoms with Gasteiger partial charge in [0.2, 0.25) is 0 Å². The van der Waals surface area contributed by atoms with Crippen LogP contribution in [0.25, 0.3) is 0 Å². The van der Waals surface area contributed by atoms with Crippen molar-refractivity contribution in [3.63, 3.8) is 0 Å². The highest BCUT2D eigenvalue weighted by Gasteiger charge is 2.57. The molecule has 0 amide bonds. The number of hydrogen-bond donors (Lipinski definition) is 0. The van der Waals surface area contributed by atoms with Crippen molar-refractivity contribution in [3.8, 4) is 0 Å². The van der Waals surface area contributed by atoms with E-state index in [2.05, 4.69) is 34.6 Å². The van der Waals surface area contributed by atoms with Crippen molar-refractivity contribution in [3.05, 3.63) is 0 Å². The fourth-order valence-electron chi connectivity index (χ4n) is 4.59. The van der Waals surface area contributed by atoms with E-state index in [0.717, 1.165) is 12.8 Å². The van der Waals surface area contributed by atoms with E-state index in [9.17, 15) is 4.79 Å². The molecule has 0 aliphatic carbocycles. The third kappa shape index (κ3) is 1.86. The van der Waals surface area contributed by atoms with Crippen LogP contribution in [0.2, 0.25) is 0 Å². The van der Waals surface area contributed by atoms with Gasteiger partial charge in [-0.25, -0.2) is 0 Å². The Morgan fingerprint density at radius 1 is 1.06 bits per heavy atom. The van der Waals surface area contributed by atoms with Crippen molar-refractivity contribution >= 4 is 13.7 Å². The smallest absolute Gasteiger partial charge is 0.134 e. The first-order valence-corrected chi connectivity index (χ1v) is 7.84. The van der Waals surface area contributed by atoms with Gasteiger partial charge in [0.15, 0.2) is 0 Å². The first-order valence-electron chi connectivity index (χ1n) is 6.50. The number of hydrogen-bond acceptors (Lipinski definition) is 1. The monoisotopic (exact) mass is 240 g/mol. The zero-order chi connectivity index (χ0) is 12.2. The predicted octanol–water partition coefficient (Wildman–Crippen LogP) is 4.33. The molecule has 2 heteroatoms. The fourth-order valence-corrected chi connectivity index (χ4v) is 10.6. The van der Waals surface area contributed by atoms with E-state index >= 15 is 0 Å². The summed E-state index contributed by atoms with van der Waals surface area (Å²) < 4.78 is 0. The van der Waals surface area contributed by atoms with Crippen LogP contribution in [0, 0.1) is 0 Å². The van der Waals surface area contributed by atoms with Gasteiger partial charge in [-0.2, -0.15) is 0 Å². The van der Waals surface area contributed by atoms with E-state index < -0.39 is 0 Å².